The Hall–Kier alpha value is -0.160. The van der Waals surface area contributed by atoms with Crippen LogP contribution >= 0.6 is 0 Å². The highest BCUT2D eigenvalue weighted by Gasteiger charge is 2.48. The Kier molecular flexibility index (Phi) is 3.03. The molecule has 2 rings (SSSR count). The van der Waals surface area contributed by atoms with Gasteiger partial charge in [-0.1, -0.05) is 0 Å². The number of fused-ring (bicyclic) bond motifs is 1. The number of rotatable bonds is 2. The van der Waals surface area contributed by atoms with E-state index in [0.29, 0.717) is 12.6 Å². The van der Waals surface area contributed by atoms with Gasteiger partial charge in [0, 0.05) is 0 Å². The molecule has 2 unspecified atom stereocenters. The molecule has 0 bridgehead atoms. The van der Waals surface area contributed by atoms with Crippen molar-refractivity contribution in [2.45, 2.75) is 50.7 Å². The first-order chi connectivity index (χ1) is 7.01. The Morgan fingerprint density at radius 1 is 1.13 bits per heavy atom. The second-order valence-electron chi connectivity index (χ2n) is 5.26. The minimum absolute atomic E-state index is 0.0772. The van der Waals surface area contributed by atoms with Gasteiger partial charge in [0.15, 0.2) is 0 Å². The van der Waals surface area contributed by atoms with E-state index in [-0.39, 0.29) is 23.9 Å². The molecule has 2 saturated heterocycles. The quantitative estimate of drug-likeness (QED) is 0.730. The fourth-order valence-corrected chi connectivity index (χ4v) is 2.27. The van der Waals surface area contributed by atoms with Crippen molar-refractivity contribution < 1.29 is 14.2 Å². The molecule has 2 fully saturated rings. The Morgan fingerprint density at radius 3 is 2.40 bits per heavy atom. The van der Waals surface area contributed by atoms with Gasteiger partial charge in [-0.05, 0) is 27.8 Å². The maximum absolute atomic E-state index is 5.93. The number of nitrogens with one attached hydrogen (secondary N) is 1. The lowest BCUT2D eigenvalue weighted by molar-refractivity contribution is -0.102. The van der Waals surface area contributed by atoms with Crippen LogP contribution in [-0.4, -0.2) is 50.2 Å². The molecular formula is C11H21NO3. The van der Waals surface area contributed by atoms with Gasteiger partial charge in [0.25, 0.3) is 0 Å². The Bertz CT molecular complexity index is 226. The molecule has 4 atom stereocenters. The molecule has 0 spiro atoms. The number of ether oxygens (including phenoxy) is 3. The number of likely N-dealkylation sites (N-methyl/N-ethyl adjacent to an activating group) is 1. The van der Waals surface area contributed by atoms with Crippen LogP contribution in [0.4, 0.5) is 0 Å². The lowest BCUT2D eigenvalue weighted by Gasteiger charge is -2.26. The summed E-state index contributed by atoms with van der Waals surface area (Å²) in [7, 11) is 1.94. The smallest absolute Gasteiger partial charge is 0.114 e. The van der Waals surface area contributed by atoms with Crippen molar-refractivity contribution in [1.82, 2.24) is 5.32 Å². The Morgan fingerprint density at radius 2 is 1.80 bits per heavy atom. The Balaban J connectivity index is 1.96. The van der Waals surface area contributed by atoms with Crippen molar-refractivity contribution in [2.75, 3.05) is 20.3 Å². The zero-order valence-corrected chi connectivity index (χ0v) is 9.95. The van der Waals surface area contributed by atoms with E-state index in [2.05, 4.69) is 26.1 Å². The zero-order valence-electron chi connectivity index (χ0n) is 9.95. The topological polar surface area (TPSA) is 39.7 Å². The molecule has 4 heteroatoms. The van der Waals surface area contributed by atoms with Crippen molar-refractivity contribution in [2.24, 2.45) is 0 Å². The zero-order chi connectivity index (χ0) is 11.1. The normalized spacial score (nSPS) is 40.8. The van der Waals surface area contributed by atoms with Crippen LogP contribution in [0, 0.1) is 0 Å². The van der Waals surface area contributed by atoms with Crippen molar-refractivity contribution in [3.8, 4) is 0 Å². The average Bonchev–Trinajstić information content (AvgIpc) is 2.65. The first-order valence-electron chi connectivity index (χ1n) is 5.59. The molecule has 0 aromatic carbocycles. The van der Waals surface area contributed by atoms with E-state index >= 15 is 0 Å². The lowest BCUT2D eigenvalue weighted by Crippen LogP contribution is -2.40. The summed E-state index contributed by atoms with van der Waals surface area (Å²) in [6, 6.07) is 0.309. The molecule has 0 saturated carbocycles. The molecule has 15 heavy (non-hydrogen) atoms. The van der Waals surface area contributed by atoms with Crippen LogP contribution < -0.4 is 5.32 Å². The molecule has 2 heterocycles. The van der Waals surface area contributed by atoms with E-state index < -0.39 is 0 Å². The maximum atomic E-state index is 5.93. The summed E-state index contributed by atoms with van der Waals surface area (Å²) in [6.07, 6.45) is 0.331. The van der Waals surface area contributed by atoms with Crippen molar-refractivity contribution in [3.63, 3.8) is 0 Å². The molecule has 4 nitrogen and oxygen atoms in total. The fourth-order valence-electron chi connectivity index (χ4n) is 2.27. The first-order valence-corrected chi connectivity index (χ1v) is 5.59. The van der Waals surface area contributed by atoms with Gasteiger partial charge in [-0.3, -0.25) is 0 Å². The van der Waals surface area contributed by atoms with Crippen molar-refractivity contribution in [3.05, 3.63) is 0 Å². The van der Waals surface area contributed by atoms with Crippen molar-refractivity contribution in [1.29, 1.82) is 0 Å². The molecule has 0 aromatic rings. The molecular weight excluding hydrogens is 194 g/mol. The summed E-state index contributed by atoms with van der Waals surface area (Å²) >= 11 is 0. The fraction of sp³-hybridized carbons (Fsp3) is 1.00. The molecule has 1 N–H and O–H groups in total. The van der Waals surface area contributed by atoms with Gasteiger partial charge in [0.2, 0.25) is 0 Å². The maximum Gasteiger partial charge on any atom is 0.114 e. The molecule has 88 valence electrons. The van der Waals surface area contributed by atoms with Crippen LogP contribution in [0.2, 0.25) is 0 Å². The minimum atomic E-state index is -0.135. The number of hydrogen-bond donors (Lipinski definition) is 1. The van der Waals surface area contributed by atoms with Gasteiger partial charge >= 0.3 is 0 Å². The highest BCUT2D eigenvalue weighted by Crippen LogP contribution is 2.30. The second-order valence-corrected chi connectivity index (χ2v) is 5.26. The molecule has 2 aliphatic rings. The third kappa shape index (κ3) is 2.33. The Labute approximate surface area is 91.3 Å². The largest absolute Gasteiger partial charge is 0.371 e. The van der Waals surface area contributed by atoms with Gasteiger partial charge in [-0.25, -0.2) is 0 Å². The summed E-state index contributed by atoms with van der Waals surface area (Å²) < 4.78 is 17.4. The van der Waals surface area contributed by atoms with Crippen LogP contribution in [-0.2, 0) is 14.2 Å². The predicted molar refractivity (Wildman–Crippen MR) is 57.0 cm³/mol. The SMILES string of the molecule is CN[C@@H]1COC2C1OC[C@H]2OC(C)(C)C. The van der Waals surface area contributed by atoms with E-state index in [1.807, 2.05) is 7.05 Å². The molecule has 0 aliphatic carbocycles. The van der Waals surface area contributed by atoms with Crippen LogP contribution in [0.15, 0.2) is 0 Å². The van der Waals surface area contributed by atoms with E-state index in [9.17, 15) is 0 Å². The molecule has 0 aromatic heterocycles. The summed E-state index contributed by atoms with van der Waals surface area (Å²) in [5, 5.41) is 3.21. The van der Waals surface area contributed by atoms with Gasteiger partial charge in [-0.2, -0.15) is 0 Å². The van der Waals surface area contributed by atoms with Crippen LogP contribution in [0.3, 0.4) is 0 Å². The summed E-state index contributed by atoms with van der Waals surface area (Å²) in [4.78, 5) is 0. The number of hydrogen-bond acceptors (Lipinski definition) is 4. The summed E-state index contributed by atoms with van der Waals surface area (Å²) in [5.41, 5.74) is -0.135. The lowest BCUT2D eigenvalue weighted by atomic mass is 10.1. The van der Waals surface area contributed by atoms with Crippen LogP contribution in [0.25, 0.3) is 0 Å². The minimum Gasteiger partial charge on any atom is -0.371 e. The monoisotopic (exact) mass is 215 g/mol. The van der Waals surface area contributed by atoms with Gasteiger partial charge in [0.05, 0.1) is 24.9 Å². The van der Waals surface area contributed by atoms with Crippen LogP contribution in [0.1, 0.15) is 20.8 Å². The average molecular weight is 215 g/mol. The van der Waals surface area contributed by atoms with Gasteiger partial charge in [-0.15, -0.1) is 0 Å². The molecule has 0 amide bonds. The summed E-state index contributed by atoms with van der Waals surface area (Å²) in [6.45, 7) is 7.54. The molecule has 2 aliphatic heterocycles. The van der Waals surface area contributed by atoms with E-state index in [0.717, 1.165) is 6.61 Å². The van der Waals surface area contributed by atoms with Crippen molar-refractivity contribution >= 4 is 0 Å². The van der Waals surface area contributed by atoms with E-state index in [1.54, 1.807) is 0 Å². The molecule has 0 radical (unpaired) electrons. The van der Waals surface area contributed by atoms with E-state index in [1.165, 1.54) is 0 Å². The highest BCUT2D eigenvalue weighted by atomic mass is 16.6. The van der Waals surface area contributed by atoms with E-state index in [4.69, 9.17) is 14.2 Å². The third-order valence-corrected chi connectivity index (χ3v) is 2.88. The van der Waals surface area contributed by atoms with Crippen LogP contribution in [0.5, 0.6) is 0 Å². The first kappa shape index (κ1) is 11.3. The second kappa shape index (κ2) is 4.01. The van der Waals surface area contributed by atoms with Gasteiger partial charge < -0.3 is 19.5 Å². The predicted octanol–water partition coefficient (Wildman–Crippen LogP) is 0.556. The summed E-state index contributed by atoms with van der Waals surface area (Å²) in [5.74, 6) is 0. The highest BCUT2D eigenvalue weighted by molar-refractivity contribution is 4.98. The van der Waals surface area contributed by atoms with Gasteiger partial charge in [0.1, 0.15) is 18.3 Å². The standard InChI is InChI=1S/C11H21NO3/c1-11(2,3)15-8-6-14-9-7(12-4)5-13-10(8)9/h7-10,12H,5-6H2,1-4H3/t7-,8-,9?,10?/m1/s1. The third-order valence-electron chi connectivity index (χ3n) is 2.88.